The van der Waals surface area contributed by atoms with Crippen molar-refractivity contribution in [3.05, 3.63) is 18.5 Å². The van der Waals surface area contributed by atoms with E-state index in [0.717, 1.165) is 11.4 Å². The molecule has 0 atom stereocenters. The number of hydrogen-bond acceptors (Lipinski definition) is 3. The Balaban J connectivity index is 3.08. The summed E-state index contributed by atoms with van der Waals surface area (Å²) < 4.78 is 0. The van der Waals surface area contributed by atoms with Crippen LogP contribution >= 0.6 is 0 Å². The summed E-state index contributed by atoms with van der Waals surface area (Å²) >= 11 is 0. The molecule has 62 valence electrons. The van der Waals surface area contributed by atoms with E-state index in [-0.39, 0.29) is 0 Å². The Morgan fingerprint density at radius 3 is 2.50 bits per heavy atom. The molecule has 0 aliphatic heterocycles. The Bertz CT molecular complexity index is 271. The molecule has 0 saturated carbocycles. The standard InChI is InChI=1S/C9H11N3/c1-3-11-8-5-6-10-7-9(8)12-4-2/h3-7H,1-2H3. The summed E-state index contributed by atoms with van der Waals surface area (Å²) in [6.07, 6.45) is 6.87. The number of hydrogen-bond donors (Lipinski definition) is 0. The summed E-state index contributed by atoms with van der Waals surface area (Å²) in [7, 11) is 0. The van der Waals surface area contributed by atoms with E-state index in [4.69, 9.17) is 0 Å². The summed E-state index contributed by atoms with van der Waals surface area (Å²) in [6, 6.07) is 1.84. The summed E-state index contributed by atoms with van der Waals surface area (Å²) in [5.41, 5.74) is 1.66. The van der Waals surface area contributed by atoms with Crippen LogP contribution in [-0.4, -0.2) is 17.4 Å². The lowest BCUT2D eigenvalue weighted by atomic mass is 10.3. The van der Waals surface area contributed by atoms with Crippen LogP contribution in [0, 0.1) is 0 Å². The van der Waals surface area contributed by atoms with Crippen LogP contribution < -0.4 is 0 Å². The van der Waals surface area contributed by atoms with E-state index in [9.17, 15) is 0 Å². The smallest absolute Gasteiger partial charge is 0.106 e. The lowest BCUT2D eigenvalue weighted by molar-refractivity contribution is 1.29. The molecule has 1 rings (SSSR count). The third kappa shape index (κ3) is 1.99. The fraction of sp³-hybridized carbons (Fsp3) is 0.222. The van der Waals surface area contributed by atoms with Gasteiger partial charge in [-0.25, -0.2) is 0 Å². The molecule has 12 heavy (non-hydrogen) atoms. The first-order valence-electron chi connectivity index (χ1n) is 3.80. The second-order valence-electron chi connectivity index (χ2n) is 2.14. The van der Waals surface area contributed by atoms with E-state index < -0.39 is 0 Å². The van der Waals surface area contributed by atoms with Gasteiger partial charge in [-0.2, -0.15) is 0 Å². The molecule has 0 radical (unpaired) electrons. The molecule has 0 unspecified atom stereocenters. The minimum Gasteiger partial charge on any atom is -0.262 e. The van der Waals surface area contributed by atoms with Crippen LogP contribution in [0.4, 0.5) is 11.4 Å². The zero-order valence-corrected chi connectivity index (χ0v) is 7.23. The second kappa shape index (κ2) is 4.38. The molecule has 0 amide bonds. The number of aromatic nitrogens is 1. The van der Waals surface area contributed by atoms with Crippen molar-refractivity contribution in [2.45, 2.75) is 13.8 Å². The van der Waals surface area contributed by atoms with Gasteiger partial charge in [-0.3, -0.25) is 15.0 Å². The van der Waals surface area contributed by atoms with E-state index >= 15 is 0 Å². The van der Waals surface area contributed by atoms with Crippen molar-refractivity contribution in [2.75, 3.05) is 0 Å². The van der Waals surface area contributed by atoms with E-state index in [1.165, 1.54) is 0 Å². The molecule has 3 nitrogen and oxygen atoms in total. The highest BCUT2D eigenvalue weighted by atomic mass is 14.8. The highest BCUT2D eigenvalue weighted by Crippen LogP contribution is 2.24. The van der Waals surface area contributed by atoms with Gasteiger partial charge >= 0.3 is 0 Å². The molecule has 0 fully saturated rings. The summed E-state index contributed by atoms with van der Waals surface area (Å²) in [6.45, 7) is 3.74. The maximum atomic E-state index is 4.15. The quantitative estimate of drug-likeness (QED) is 0.614. The van der Waals surface area contributed by atoms with Crippen molar-refractivity contribution >= 4 is 23.8 Å². The average Bonchev–Trinajstić information content (AvgIpc) is 2.09. The number of aliphatic imine (C=N–C) groups is 2. The van der Waals surface area contributed by atoms with Crippen LogP contribution in [0.3, 0.4) is 0 Å². The van der Waals surface area contributed by atoms with Gasteiger partial charge in [0.15, 0.2) is 0 Å². The molecule has 0 bridgehead atoms. The second-order valence-corrected chi connectivity index (χ2v) is 2.14. The van der Waals surface area contributed by atoms with Gasteiger partial charge in [0.05, 0.1) is 11.9 Å². The SMILES string of the molecule is CC=Nc1ccncc1N=CC. The van der Waals surface area contributed by atoms with Crippen LogP contribution in [0.1, 0.15) is 13.8 Å². The predicted octanol–water partition coefficient (Wildman–Crippen LogP) is 2.53. The van der Waals surface area contributed by atoms with E-state index in [1.54, 1.807) is 24.8 Å². The summed E-state index contributed by atoms with van der Waals surface area (Å²) in [4.78, 5) is 12.2. The fourth-order valence-electron chi connectivity index (χ4n) is 0.866. The van der Waals surface area contributed by atoms with Crippen LogP contribution in [0.5, 0.6) is 0 Å². The third-order valence-electron chi connectivity index (χ3n) is 1.31. The zero-order valence-electron chi connectivity index (χ0n) is 7.23. The Morgan fingerprint density at radius 2 is 1.83 bits per heavy atom. The number of pyridine rings is 1. The minimum atomic E-state index is 0.804. The van der Waals surface area contributed by atoms with Gasteiger partial charge in [0.25, 0.3) is 0 Å². The highest BCUT2D eigenvalue weighted by molar-refractivity contribution is 5.72. The van der Waals surface area contributed by atoms with Crippen molar-refractivity contribution in [1.82, 2.24) is 4.98 Å². The Kier molecular flexibility index (Phi) is 3.14. The monoisotopic (exact) mass is 161 g/mol. The Hall–Kier alpha value is -1.51. The largest absolute Gasteiger partial charge is 0.262 e. The molecule has 0 aromatic carbocycles. The Labute approximate surface area is 71.9 Å². The van der Waals surface area contributed by atoms with Crippen LogP contribution in [0.15, 0.2) is 28.4 Å². The molecule has 0 aliphatic rings. The van der Waals surface area contributed by atoms with Gasteiger partial charge < -0.3 is 0 Å². The van der Waals surface area contributed by atoms with E-state index in [1.807, 2.05) is 19.9 Å². The van der Waals surface area contributed by atoms with Crippen LogP contribution in [0.2, 0.25) is 0 Å². The van der Waals surface area contributed by atoms with Crippen molar-refractivity contribution in [2.24, 2.45) is 9.98 Å². The first-order chi connectivity index (χ1) is 5.88. The zero-order chi connectivity index (χ0) is 8.81. The first kappa shape index (κ1) is 8.59. The first-order valence-corrected chi connectivity index (χ1v) is 3.80. The van der Waals surface area contributed by atoms with Crippen molar-refractivity contribution in [3.63, 3.8) is 0 Å². The van der Waals surface area contributed by atoms with Crippen LogP contribution in [0.25, 0.3) is 0 Å². The third-order valence-corrected chi connectivity index (χ3v) is 1.31. The molecular formula is C9H11N3. The minimum absolute atomic E-state index is 0.804. The maximum absolute atomic E-state index is 4.15. The summed E-state index contributed by atoms with van der Waals surface area (Å²) in [5.74, 6) is 0. The number of rotatable bonds is 2. The maximum Gasteiger partial charge on any atom is 0.106 e. The molecule has 0 spiro atoms. The molecule has 1 aromatic rings. The van der Waals surface area contributed by atoms with E-state index in [2.05, 4.69) is 15.0 Å². The lowest BCUT2D eigenvalue weighted by Gasteiger charge is -1.96. The van der Waals surface area contributed by atoms with Gasteiger partial charge in [-0.15, -0.1) is 0 Å². The summed E-state index contributed by atoms with van der Waals surface area (Å²) in [5, 5.41) is 0. The average molecular weight is 161 g/mol. The lowest BCUT2D eigenvalue weighted by Crippen LogP contribution is -1.72. The fourth-order valence-corrected chi connectivity index (χ4v) is 0.866. The number of nitrogens with zero attached hydrogens (tertiary/aromatic N) is 3. The molecular weight excluding hydrogens is 150 g/mol. The normalized spacial score (nSPS) is 11.5. The van der Waals surface area contributed by atoms with Crippen molar-refractivity contribution in [1.29, 1.82) is 0 Å². The van der Waals surface area contributed by atoms with Crippen molar-refractivity contribution < 1.29 is 0 Å². The Morgan fingerprint density at radius 1 is 1.17 bits per heavy atom. The molecule has 1 heterocycles. The highest BCUT2D eigenvalue weighted by Gasteiger charge is 1.95. The molecule has 0 aliphatic carbocycles. The molecule has 0 saturated heterocycles. The van der Waals surface area contributed by atoms with Gasteiger partial charge in [0, 0.05) is 18.6 Å². The van der Waals surface area contributed by atoms with E-state index in [0.29, 0.717) is 0 Å². The van der Waals surface area contributed by atoms with Gasteiger partial charge in [-0.1, -0.05) is 0 Å². The van der Waals surface area contributed by atoms with Gasteiger partial charge in [0.2, 0.25) is 0 Å². The molecule has 3 heteroatoms. The van der Waals surface area contributed by atoms with Crippen LogP contribution in [-0.2, 0) is 0 Å². The molecule has 1 aromatic heterocycles. The van der Waals surface area contributed by atoms with Gasteiger partial charge in [-0.05, 0) is 19.9 Å². The van der Waals surface area contributed by atoms with Gasteiger partial charge in [0.1, 0.15) is 5.69 Å². The van der Waals surface area contributed by atoms with Crippen molar-refractivity contribution in [3.8, 4) is 0 Å². The molecule has 0 N–H and O–H groups in total. The predicted molar refractivity (Wildman–Crippen MR) is 51.9 cm³/mol. The topological polar surface area (TPSA) is 37.6 Å².